The van der Waals surface area contributed by atoms with Gasteiger partial charge >= 0.3 is 5.69 Å². The first-order chi connectivity index (χ1) is 8.91. The number of ether oxygens (including phenoxy) is 1. The zero-order valence-electron chi connectivity index (χ0n) is 10.8. The van der Waals surface area contributed by atoms with Crippen LogP contribution in [0.15, 0.2) is 18.2 Å². The SMILES string of the molecule is CN(C)C(=O)CCCOc1cc(F)ccc1[N+](=O)[O-]. The highest BCUT2D eigenvalue weighted by Crippen LogP contribution is 2.27. The first-order valence-electron chi connectivity index (χ1n) is 5.68. The van der Waals surface area contributed by atoms with Gasteiger partial charge in [0.25, 0.3) is 0 Å². The molecule has 1 amide bonds. The Morgan fingerprint density at radius 3 is 2.74 bits per heavy atom. The lowest BCUT2D eigenvalue weighted by atomic mass is 10.2. The Kier molecular flexibility index (Phi) is 5.23. The molecule has 1 aromatic rings. The molecule has 19 heavy (non-hydrogen) atoms. The molecular weight excluding hydrogens is 255 g/mol. The van der Waals surface area contributed by atoms with Crippen LogP contribution in [0.4, 0.5) is 10.1 Å². The fourth-order valence-corrected chi connectivity index (χ4v) is 1.38. The molecule has 0 spiro atoms. The van der Waals surface area contributed by atoms with Crippen molar-refractivity contribution in [1.82, 2.24) is 4.90 Å². The van der Waals surface area contributed by atoms with Crippen LogP contribution in [-0.4, -0.2) is 36.4 Å². The normalized spacial score (nSPS) is 10.1. The summed E-state index contributed by atoms with van der Waals surface area (Å²) < 4.78 is 18.1. The number of rotatable bonds is 6. The number of benzene rings is 1. The maximum Gasteiger partial charge on any atom is 0.311 e. The van der Waals surface area contributed by atoms with Crippen molar-refractivity contribution in [1.29, 1.82) is 0 Å². The fourth-order valence-electron chi connectivity index (χ4n) is 1.38. The molecule has 0 unspecified atom stereocenters. The van der Waals surface area contributed by atoms with E-state index in [1.807, 2.05) is 0 Å². The van der Waals surface area contributed by atoms with Crippen molar-refractivity contribution in [3.8, 4) is 5.75 Å². The summed E-state index contributed by atoms with van der Waals surface area (Å²) in [5, 5.41) is 10.7. The molecule has 104 valence electrons. The van der Waals surface area contributed by atoms with Gasteiger partial charge in [-0.25, -0.2) is 4.39 Å². The molecule has 1 aromatic carbocycles. The standard InChI is InChI=1S/C12H15FN2O4/c1-14(2)12(16)4-3-7-19-11-8-9(13)5-6-10(11)15(17)18/h5-6,8H,3-4,7H2,1-2H3. The van der Waals surface area contributed by atoms with Crippen LogP contribution in [0.25, 0.3) is 0 Å². The van der Waals surface area contributed by atoms with Gasteiger partial charge < -0.3 is 9.64 Å². The molecule has 1 rings (SSSR count). The molecule has 0 N–H and O–H groups in total. The third-order valence-corrected chi connectivity index (χ3v) is 2.41. The minimum Gasteiger partial charge on any atom is -0.487 e. The quantitative estimate of drug-likeness (QED) is 0.450. The molecule has 6 nitrogen and oxygen atoms in total. The number of halogens is 1. The average Bonchev–Trinajstić information content (AvgIpc) is 2.33. The molecule has 0 aromatic heterocycles. The van der Waals surface area contributed by atoms with Crippen LogP contribution in [0.3, 0.4) is 0 Å². The number of nitrogens with zero attached hydrogens (tertiary/aromatic N) is 2. The molecule has 0 aliphatic rings. The summed E-state index contributed by atoms with van der Waals surface area (Å²) in [5.74, 6) is -0.787. The largest absolute Gasteiger partial charge is 0.487 e. The van der Waals surface area contributed by atoms with Crippen molar-refractivity contribution < 1.29 is 18.8 Å². The second-order valence-electron chi connectivity index (χ2n) is 4.11. The molecular formula is C12H15FN2O4. The zero-order chi connectivity index (χ0) is 14.4. The van der Waals surface area contributed by atoms with Gasteiger partial charge in [0, 0.05) is 32.6 Å². The van der Waals surface area contributed by atoms with E-state index < -0.39 is 10.7 Å². The second kappa shape index (κ2) is 6.67. The lowest BCUT2D eigenvalue weighted by Crippen LogP contribution is -2.21. The molecule has 0 saturated carbocycles. The van der Waals surface area contributed by atoms with Crippen molar-refractivity contribution in [2.24, 2.45) is 0 Å². The predicted octanol–water partition coefficient (Wildman–Crippen LogP) is 1.98. The number of carbonyl (C=O) groups excluding carboxylic acids is 1. The first kappa shape index (κ1) is 14.9. The Morgan fingerprint density at radius 1 is 1.47 bits per heavy atom. The number of hydrogen-bond acceptors (Lipinski definition) is 4. The fraction of sp³-hybridized carbons (Fsp3) is 0.417. The lowest BCUT2D eigenvalue weighted by Gasteiger charge is -2.10. The lowest BCUT2D eigenvalue weighted by molar-refractivity contribution is -0.385. The van der Waals surface area contributed by atoms with E-state index >= 15 is 0 Å². The summed E-state index contributed by atoms with van der Waals surface area (Å²) in [4.78, 5) is 22.8. The van der Waals surface area contributed by atoms with Gasteiger partial charge in [0.15, 0.2) is 5.75 Å². The number of carbonyl (C=O) groups is 1. The Labute approximate surface area is 109 Å². The average molecular weight is 270 g/mol. The summed E-state index contributed by atoms with van der Waals surface area (Å²) in [6.45, 7) is 0.115. The maximum atomic E-state index is 13.0. The smallest absolute Gasteiger partial charge is 0.311 e. The van der Waals surface area contributed by atoms with E-state index in [2.05, 4.69) is 0 Å². The van der Waals surface area contributed by atoms with Crippen molar-refractivity contribution in [3.63, 3.8) is 0 Å². The summed E-state index contributed by atoms with van der Waals surface area (Å²) in [6, 6.07) is 3.02. The Balaban J connectivity index is 2.55. The molecule has 0 aliphatic heterocycles. The molecule has 0 radical (unpaired) electrons. The van der Waals surface area contributed by atoms with Crippen LogP contribution in [0.1, 0.15) is 12.8 Å². The monoisotopic (exact) mass is 270 g/mol. The van der Waals surface area contributed by atoms with Gasteiger partial charge in [-0.05, 0) is 12.5 Å². The summed E-state index contributed by atoms with van der Waals surface area (Å²) in [5.41, 5.74) is -0.291. The summed E-state index contributed by atoms with van der Waals surface area (Å²) in [6.07, 6.45) is 0.681. The van der Waals surface area contributed by atoms with Gasteiger partial charge in [-0.3, -0.25) is 14.9 Å². The minimum atomic E-state index is -0.639. The Morgan fingerprint density at radius 2 is 2.16 bits per heavy atom. The molecule has 0 atom stereocenters. The first-order valence-corrected chi connectivity index (χ1v) is 5.68. The van der Waals surface area contributed by atoms with Crippen LogP contribution in [0.2, 0.25) is 0 Å². The van der Waals surface area contributed by atoms with E-state index in [1.165, 1.54) is 4.90 Å². The van der Waals surface area contributed by atoms with Gasteiger partial charge in [-0.2, -0.15) is 0 Å². The topological polar surface area (TPSA) is 72.7 Å². The predicted molar refractivity (Wildman–Crippen MR) is 66.5 cm³/mol. The minimum absolute atomic E-state index is 0.0580. The van der Waals surface area contributed by atoms with E-state index in [9.17, 15) is 19.3 Å². The number of amides is 1. The van der Waals surface area contributed by atoms with Gasteiger partial charge in [-0.1, -0.05) is 0 Å². The van der Waals surface area contributed by atoms with Crippen LogP contribution in [0.5, 0.6) is 5.75 Å². The van der Waals surface area contributed by atoms with Crippen molar-refractivity contribution in [2.45, 2.75) is 12.8 Å². The Hall–Kier alpha value is -2.18. The summed E-state index contributed by atoms with van der Waals surface area (Å²) >= 11 is 0. The van der Waals surface area contributed by atoms with Crippen molar-refractivity contribution in [3.05, 3.63) is 34.1 Å². The third kappa shape index (κ3) is 4.53. The van der Waals surface area contributed by atoms with Crippen LogP contribution < -0.4 is 4.74 Å². The second-order valence-corrected chi connectivity index (χ2v) is 4.11. The molecule has 7 heteroatoms. The highest BCUT2D eigenvalue weighted by molar-refractivity contribution is 5.75. The van der Waals surface area contributed by atoms with Crippen LogP contribution in [-0.2, 0) is 4.79 Å². The zero-order valence-corrected chi connectivity index (χ0v) is 10.8. The van der Waals surface area contributed by atoms with Gasteiger partial charge in [0.2, 0.25) is 5.91 Å². The molecule has 0 heterocycles. The van der Waals surface area contributed by atoms with E-state index in [0.717, 1.165) is 18.2 Å². The van der Waals surface area contributed by atoms with E-state index in [1.54, 1.807) is 14.1 Å². The van der Waals surface area contributed by atoms with E-state index in [-0.39, 0.29) is 30.4 Å². The number of nitro benzene ring substituents is 1. The van der Waals surface area contributed by atoms with Crippen molar-refractivity contribution >= 4 is 11.6 Å². The van der Waals surface area contributed by atoms with Gasteiger partial charge in [0.05, 0.1) is 11.5 Å². The highest BCUT2D eigenvalue weighted by atomic mass is 19.1. The third-order valence-electron chi connectivity index (χ3n) is 2.41. The highest BCUT2D eigenvalue weighted by Gasteiger charge is 2.15. The van der Waals surface area contributed by atoms with E-state index in [4.69, 9.17) is 4.74 Å². The molecule has 0 saturated heterocycles. The summed E-state index contributed by atoms with van der Waals surface area (Å²) in [7, 11) is 3.28. The Bertz CT molecular complexity index is 477. The number of hydrogen-bond donors (Lipinski definition) is 0. The van der Waals surface area contributed by atoms with Crippen LogP contribution in [0, 0.1) is 15.9 Å². The van der Waals surface area contributed by atoms with Gasteiger partial charge in [0.1, 0.15) is 5.82 Å². The van der Waals surface area contributed by atoms with Crippen molar-refractivity contribution in [2.75, 3.05) is 20.7 Å². The molecule has 0 aliphatic carbocycles. The molecule has 0 bridgehead atoms. The maximum absolute atomic E-state index is 13.0. The van der Waals surface area contributed by atoms with Crippen LogP contribution >= 0.6 is 0 Å². The number of nitro groups is 1. The van der Waals surface area contributed by atoms with E-state index in [0.29, 0.717) is 6.42 Å². The molecule has 0 fully saturated rings. The van der Waals surface area contributed by atoms with Gasteiger partial charge in [-0.15, -0.1) is 0 Å².